The van der Waals surface area contributed by atoms with Crippen LogP contribution in [-0.2, 0) is 4.79 Å². The van der Waals surface area contributed by atoms with Gasteiger partial charge in [0.05, 0.1) is 5.56 Å². The van der Waals surface area contributed by atoms with Crippen molar-refractivity contribution in [1.82, 2.24) is 9.80 Å². The van der Waals surface area contributed by atoms with Gasteiger partial charge in [-0.05, 0) is 72.4 Å². The number of primary amides is 1. The molecule has 3 unspecified atom stereocenters. The van der Waals surface area contributed by atoms with E-state index in [2.05, 4.69) is 34.4 Å². The molecule has 31 heavy (non-hydrogen) atoms. The number of halogens is 2. The van der Waals surface area contributed by atoms with Crippen LogP contribution in [-0.4, -0.2) is 47.8 Å². The van der Waals surface area contributed by atoms with Crippen molar-refractivity contribution in [3.8, 4) is 0 Å². The molecule has 2 fully saturated rings. The van der Waals surface area contributed by atoms with Crippen molar-refractivity contribution in [1.29, 1.82) is 0 Å². The molecule has 166 valence electrons. The third-order valence-electron chi connectivity index (χ3n) is 6.62. The zero-order valence-electron chi connectivity index (χ0n) is 18.0. The van der Waals surface area contributed by atoms with Crippen LogP contribution in [0, 0.1) is 36.2 Å². The highest BCUT2D eigenvalue weighted by atomic mass is 127. The summed E-state index contributed by atoms with van der Waals surface area (Å²) in [4.78, 5) is 31.7. The Morgan fingerprint density at radius 2 is 1.81 bits per heavy atom. The Labute approximate surface area is 206 Å². The lowest BCUT2D eigenvalue weighted by atomic mass is 10.0. The monoisotopic (exact) mass is 571 g/mol. The molecule has 2 aromatic rings. The molecule has 2 aliphatic rings. The zero-order valence-corrected chi connectivity index (χ0v) is 21.7. The largest absolute Gasteiger partial charge is 0.370 e. The maximum atomic E-state index is 13.2. The van der Waals surface area contributed by atoms with Crippen LogP contribution in [0.25, 0.3) is 0 Å². The maximum Gasteiger partial charge on any atom is 0.256 e. The molecule has 1 aromatic carbocycles. The molecule has 2 aliphatic heterocycles. The molecule has 2 amide bonds. The van der Waals surface area contributed by atoms with Crippen molar-refractivity contribution < 1.29 is 9.59 Å². The maximum absolute atomic E-state index is 13.2. The van der Waals surface area contributed by atoms with Crippen LogP contribution in [0.1, 0.15) is 43.7 Å². The Hall–Kier alpha value is -1.16. The van der Waals surface area contributed by atoms with E-state index in [9.17, 15) is 9.59 Å². The number of nitrogens with zero attached hydrogens (tertiary/aromatic N) is 2. The number of amides is 2. The SMILES string of the molecule is Cc1ccc(C(CC(N)=O)N2CC3CN(C(=O)c4c(C)sc(C)c4I)CC3C2)cc1Cl. The van der Waals surface area contributed by atoms with E-state index in [0.29, 0.717) is 16.9 Å². The minimum Gasteiger partial charge on any atom is -0.370 e. The number of hydrogen-bond acceptors (Lipinski definition) is 4. The minimum absolute atomic E-state index is 0.0759. The summed E-state index contributed by atoms with van der Waals surface area (Å²) in [5.74, 6) is 0.676. The molecule has 3 heterocycles. The van der Waals surface area contributed by atoms with Crippen molar-refractivity contribution in [2.75, 3.05) is 26.2 Å². The first-order valence-electron chi connectivity index (χ1n) is 10.5. The van der Waals surface area contributed by atoms with Gasteiger partial charge < -0.3 is 10.6 Å². The average Bonchev–Trinajstić information content (AvgIpc) is 3.33. The molecule has 2 N–H and O–H groups in total. The standard InChI is InChI=1S/C23H27ClIN3O2S/c1-12-4-5-15(6-18(12)24)19(7-20(26)29)27-8-16-10-28(11-17(16)9-27)23(30)21-13(2)31-14(3)22(21)25/h4-6,16-17,19H,7-11H2,1-3H3,(H2,26,29). The van der Waals surface area contributed by atoms with Crippen LogP contribution in [0.3, 0.4) is 0 Å². The summed E-state index contributed by atoms with van der Waals surface area (Å²) in [6.45, 7) is 9.33. The van der Waals surface area contributed by atoms with Gasteiger partial charge in [0.1, 0.15) is 0 Å². The lowest BCUT2D eigenvalue weighted by molar-refractivity contribution is -0.119. The highest BCUT2D eigenvalue weighted by Gasteiger charge is 2.44. The molecule has 0 radical (unpaired) electrons. The van der Waals surface area contributed by atoms with Crippen molar-refractivity contribution in [3.63, 3.8) is 0 Å². The van der Waals surface area contributed by atoms with Gasteiger partial charge in [-0.25, -0.2) is 0 Å². The van der Waals surface area contributed by atoms with Gasteiger partial charge in [0.2, 0.25) is 5.91 Å². The van der Waals surface area contributed by atoms with Crippen molar-refractivity contribution in [2.45, 2.75) is 33.2 Å². The summed E-state index contributed by atoms with van der Waals surface area (Å²) in [7, 11) is 0. The van der Waals surface area contributed by atoms with Gasteiger partial charge in [0, 0.05) is 57.0 Å². The van der Waals surface area contributed by atoms with E-state index in [1.165, 1.54) is 4.88 Å². The summed E-state index contributed by atoms with van der Waals surface area (Å²) in [6.07, 6.45) is 0.271. The van der Waals surface area contributed by atoms with E-state index in [1.807, 2.05) is 36.9 Å². The molecule has 2 saturated heterocycles. The third-order valence-corrected chi connectivity index (χ3v) is 9.76. The normalized spacial score (nSPS) is 22.0. The van der Waals surface area contributed by atoms with Crippen LogP contribution in [0.15, 0.2) is 18.2 Å². The highest BCUT2D eigenvalue weighted by Crippen LogP contribution is 2.39. The van der Waals surface area contributed by atoms with Gasteiger partial charge >= 0.3 is 0 Å². The Balaban J connectivity index is 1.48. The van der Waals surface area contributed by atoms with Crippen molar-refractivity contribution in [2.24, 2.45) is 17.6 Å². The average molecular weight is 572 g/mol. The topological polar surface area (TPSA) is 66.6 Å². The van der Waals surface area contributed by atoms with Gasteiger partial charge in [-0.2, -0.15) is 0 Å². The molecule has 3 atom stereocenters. The van der Waals surface area contributed by atoms with E-state index < -0.39 is 0 Å². The molecule has 0 bridgehead atoms. The number of hydrogen-bond donors (Lipinski definition) is 1. The second kappa shape index (κ2) is 9.00. The lowest BCUT2D eigenvalue weighted by Gasteiger charge is -2.29. The van der Waals surface area contributed by atoms with Gasteiger partial charge in [-0.3, -0.25) is 14.5 Å². The van der Waals surface area contributed by atoms with Gasteiger partial charge in [-0.15, -0.1) is 11.3 Å². The van der Waals surface area contributed by atoms with Gasteiger partial charge in [-0.1, -0.05) is 23.7 Å². The van der Waals surface area contributed by atoms with Gasteiger partial charge in [0.15, 0.2) is 0 Å². The van der Waals surface area contributed by atoms with E-state index in [-0.39, 0.29) is 24.3 Å². The Morgan fingerprint density at radius 3 is 2.32 bits per heavy atom. The number of benzene rings is 1. The third kappa shape index (κ3) is 4.51. The fraction of sp³-hybridized carbons (Fsp3) is 0.478. The number of fused-ring (bicyclic) bond motifs is 1. The van der Waals surface area contributed by atoms with Crippen LogP contribution in [0.2, 0.25) is 5.02 Å². The van der Waals surface area contributed by atoms with Crippen molar-refractivity contribution in [3.05, 3.63) is 53.2 Å². The van der Waals surface area contributed by atoms with Crippen LogP contribution in [0.5, 0.6) is 0 Å². The Kier molecular flexibility index (Phi) is 6.68. The number of aryl methyl sites for hydroxylation is 3. The van der Waals surface area contributed by atoms with Crippen LogP contribution < -0.4 is 5.73 Å². The van der Waals surface area contributed by atoms with E-state index >= 15 is 0 Å². The highest BCUT2D eigenvalue weighted by molar-refractivity contribution is 14.1. The van der Waals surface area contributed by atoms with Crippen molar-refractivity contribution >= 4 is 57.3 Å². The number of rotatable bonds is 5. The fourth-order valence-electron chi connectivity index (χ4n) is 4.97. The zero-order chi connectivity index (χ0) is 22.4. The minimum atomic E-state index is -0.312. The summed E-state index contributed by atoms with van der Waals surface area (Å²) in [6, 6.07) is 5.92. The smallest absolute Gasteiger partial charge is 0.256 e. The quantitative estimate of drug-likeness (QED) is 0.536. The Bertz CT molecular complexity index is 1030. The molecular weight excluding hydrogens is 545 g/mol. The Morgan fingerprint density at radius 1 is 1.16 bits per heavy atom. The van der Waals surface area contributed by atoms with Crippen LogP contribution >= 0.6 is 45.5 Å². The summed E-state index contributed by atoms with van der Waals surface area (Å²) < 4.78 is 1.08. The van der Waals surface area contributed by atoms with Crippen LogP contribution in [0.4, 0.5) is 0 Å². The number of likely N-dealkylation sites (tertiary alicyclic amines) is 2. The first kappa shape index (κ1) is 23.0. The molecular formula is C23H27ClIN3O2S. The van der Waals surface area contributed by atoms with E-state index in [4.69, 9.17) is 17.3 Å². The van der Waals surface area contributed by atoms with Gasteiger partial charge in [0.25, 0.3) is 5.91 Å². The molecule has 8 heteroatoms. The lowest BCUT2D eigenvalue weighted by Crippen LogP contribution is -2.36. The molecule has 5 nitrogen and oxygen atoms in total. The number of carbonyl (C=O) groups excluding carboxylic acids is 2. The predicted molar refractivity (Wildman–Crippen MR) is 134 cm³/mol. The molecule has 0 aliphatic carbocycles. The number of nitrogens with two attached hydrogens (primary N) is 1. The number of thiophene rings is 1. The first-order chi connectivity index (χ1) is 14.7. The predicted octanol–water partition coefficient (Wildman–Crippen LogP) is 4.55. The number of carbonyl (C=O) groups is 2. The summed E-state index contributed by atoms with van der Waals surface area (Å²) in [5, 5.41) is 0.708. The first-order valence-corrected chi connectivity index (χ1v) is 12.8. The molecule has 1 aromatic heterocycles. The van der Waals surface area contributed by atoms with E-state index in [0.717, 1.165) is 51.3 Å². The molecule has 0 saturated carbocycles. The molecule has 4 rings (SSSR count). The molecule has 0 spiro atoms. The fourth-order valence-corrected chi connectivity index (χ4v) is 7.25. The summed E-state index contributed by atoms with van der Waals surface area (Å²) >= 11 is 10.3. The summed E-state index contributed by atoms with van der Waals surface area (Å²) in [5.41, 5.74) is 8.51. The second-order valence-electron chi connectivity index (χ2n) is 8.78. The second-order valence-corrected chi connectivity index (χ2v) is 11.7. The van der Waals surface area contributed by atoms with E-state index in [1.54, 1.807) is 11.3 Å².